The molecule has 2 rings (SSSR count). The van der Waals surface area contributed by atoms with E-state index in [2.05, 4.69) is 31.0 Å². The highest BCUT2D eigenvalue weighted by molar-refractivity contribution is 5.48. The molecule has 1 aliphatic heterocycles. The van der Waals surface area contributed by atoms with Gasteiger partial charge in [0, 0.05) is 43.9 Å². The molecule has 0 radical (unpaired) electrons. The van der Waals surface area contributed by atoms with E-state index in [1.165, 1.54) is 19.2 Å². The summed E-state index contributed by atoms with van der Waals surface area (Å²) in [7, 11) is 1.44. The lowest BCUT2D eigenvalue weighted by atomic mass is 9.80. The third-order valence-electron chi connectivity index (χ3n) is 3.92. The summed E-state index contributed by atoms with van der Waals surface area (Å²) in [4.78, 5) is 2.30. The highest BCUT2D eigenvalue weighted by Crippen LogP contribution is 2.45. The first-order valence-electron chi connectivity index (χ1n) is 7.35. The molecule has 5 heteroatoms. The first-order valence-corrected chi connectivity index (χ1v) is 7.35. The van der Waals surface area contributed by atoms with Gasteiger partial charge in [-0.15, -0.1) is 0 Å². The lowest BCUT2D eigenvalue weighted by Crippen LogP contribution is -2.48. The van der Waals surface area contributed by atoms with Crippen LogP contribution in [0.25, 0.3) is 0 Å². The molecule has 118 valence electrons. The maximum absolute atomic E-state index is 13.9. The first kappa shape index (κ1) is 16.0. The lowest BCUT2D eigenvalue weighted by molar-refractivity contribution is 0.0836. The molecule has 1 aromatic rings. The molecule has 21 heavy (non-hydrogen) atoms. The Kier molecular flexibility index (Phi) is 4.74. The van der Waals surface area contributed by atoms with Crippen molar-refractivity contribution < 1.29 is 14.2 Å². The van der Waals surface area contributed by atoms with Crippen molar-refractivity contribution in [2.45, 2.75) is 26.8 Å². The average Bonchev–Trinajstić information content (AvgIpc) is 2.42. The molecule has 0 aromatic heterocycles. The zero-order valence-corrected chi connectivity index (χ0v) is 13.2. The van der Waals surface area contributed by atoms with Gasteiger partial charge in [-0.25, -0.2) is 4.39 Å². The van der Waals surface area contributed by atoms with Gasteiger partial charge in [0.05, 0.1) is 7.11 Å². The van der Waals surface area contributed by atoms with Gasteiger partial charge in [0.25, 0.3) is 0 Å². The van der Waals surface area contributed by atoms with E-state index in [0.717, 1.165) is 26.2 Å². The number of phenolic OH excluding ortho intramolecular Hbond substituents is 1. The molecule has 0 spiro atoms. The second-order valence-electron chi connectivity index (χ2n) is 6.60. The van der Waals surface area contributed by atoms with Crippen LogP contribution >= 0.6 is 0 Å². The lowest BCUT2D eigenvalue weighted by Gasteiger charge is -2.42. The monoisotopic (exact) mass is 296 g/mol. The minimum atomic E-state index is -0.385. The van der Waals surface area contributed by atoms with Crippen LogP contribution in [0.5, 0.6) is 11.5 Å². The van der Waals surface area contributed by atoms with Gasteiger partial charge in [-0.05, 0) is 11.5 Å². The number of aromatic hydroxyl groups is 1. The van der Waals surface area contributed by atoms with Gasteiger partial charge in [-0.1, -0.05) is 20.8 Å². The summed E-state index contributed by atoms with van der Waals surface area (Å²) in [6, 6.07) is 2.58. The van der Waals surface area contributed by atoms with E-state index in [1.807, 2.05) is 0 Å². The third kappa shape index (κ3) is 3.47. The molecule has 4 nitrogen and oxygen atoms in total. The van der Waals surface area contributed by atoms with Crippen molar-refractivity contribution in [3.05, 3.63) is 23.5 Å². The van der Waals surface area contributed by atoms with Crippen LogP contribution in [0.2, 0.25) is 0 Å². The largest absolute Gasteiger partial charge is 0.504 e. The maximum atomic E-state index is 13.9. The van der Waals surface area contributed by atoms with Crippen LogP contribution in [-0.4, -0.2) is 43.3 Å². The predicted octanol–water partition coefficient (Wildman–Crippen LogP) is 2.53. The summed E-state index contributed by atoms with van der Waals surface area (Å²) in [5.41, 5.74) is 0.467. The number of halogens is 1. The number of ether oxygens (including phenoxy) is 1. The fraction of sp³-hybridized carbons (Fsp3) is 0.625. The van der Waals surface area contributed by atoms with Crippen molar-refractivity contribution in [1.82, 2.24) is 10.2 Å². The number of rotatable bonds is 3. The normalized spacial score (nSPS) is 18.5. The van der Waals surface area contributed by atoms with E-state index >= 15 is 0 Å². The first-order chi connectivity index (χ1) is 9.84. The Balaban J connectivity index is 2.48. The number of nitrogens with zero attached hydrogens (tertiary/aromatic N) is 1. The molecule has 0 unspecified atom stereocenters. The Bertz CT molecular complexity index is 494. The number of phenols is 1. The summed E-state index contributed by atoms with van der Waals surface area (Å²) >= 11 is 0. The number of benzene rings is 1. The number of piperazine rings is 1. The van der Waals surface area contributed by atoms with Crippen LogP contribution in [0.1, 0.15) is 32.4 Å². The summed E-state index contributed by atoms with van der Waals surface area (Å²) in [5, 5.41) is 13.8. The maximum Gasteiger partial charge on any atom is 0.163 e. The topological polar surface area (TPSA) is 44.7 Å². The second kappa shape index (κ2) is 6.20. The fourth-order valence-corrected chi connectivity index (χ4v) is 3.11. The van der Waals surface area contributed by atoms with E-state index in [9.17, 15) is 9.50 Å². The fourth-order valence-electron chi connectivity index (χ4n) is 3.11. The summed E-state index contributed by atoms with van der Waals surface area (Å²) < 4.78 is 19.0. The minimum Gasteiger partial charge on any atom is -0.504 e. The molecule has 0 bridgehead atoms. The molecular weight excluding hydrogens is 271 g/mol. The Morgan fingerprint density at radius 1 is 1.29 bits per heavy atom. The molecule has 1 heterocycles. The van der Waals surface area contributed by atoms with Crippen molar-refractivity contribution in [2.24, 2.45) is 5.41 Å². The van der Waals surface area contributed by atoms with Crippen molar-refractivity contribution >= 4 is 0 Å². The number of nitrogens with one attached hydrogen (secondary N) is 1. The molecule has 1 fully saturated rings. The van der Waals surface area contributed by atoms with Crippen LogP contribution in [0.4, 0.5) is 4.39 Å². The van der Waals surface area contributed by atoms with E-state index < -0.39 is 0 Å². The van der Waals surface area contributed by atoms with E-state index in [1.54, 1.807) is 0 Å². The van der Waals surface area contributed by atoms with Gasteiger partial charge in [0.2, 0.25) is 0 Å². The molecule has 1 atom stereocenters. The number of hydrogen-bond donors (Lipinski definition) is 2. The van der Waals surface area contributed by atoms with Crippen LogP contribution in [0.3, 0.4) is 0 Å². The zero-order valence-electron chi connectivity index (χ0n) is 13.2. The van der Waals surface area contributed by atoms with Gasteiger partial charge in [-0.3, -0.25) is 4.90 Å². The van der Waals surface area contributed by atoms with Crippen molar-refractivity contribution in [3.8, 4) is 11.5 Å². The predicted molar refractivity (Wildman–Crippen MR) is 81.3 cm³/mol. The quantitative estimate of drug-likeness (QED) is 0.900. The van der Waals surface area contributed by atoms with E-state index in [0.29, 0.717) is 5.56 Å². The average molecular weight is 296 g/mol. The molecule has 0 saturated carbocycles. The molecule has 1 aromatic carbocycles. The third-order valence-corrected chi connectivity index (χ3v) is 3.92. The van der Waals surface area contributed by atoms with E-state index in [4.69, 9.17) is 4.74 Å². The smallest absolute Gasteiger partial charge is 0.163 e. The number of methoxy groups -OCH3 is 1. The Morgan fingerprint density at radius 3 is 2.43 bits per heavy atom. The highest BCUT2D eigenvalue weighted by Gasteiger charge is 2.35. The SMILES string of the molecule is COc1cc(F)cc([C@H](N2CCNCC2)C(C)(C)C)c1O. The van der Waals surface area contributed by atoms with Crippen molar-refractivity contribution in [3.63, 3.8) is 0 Å². The Morgan fingerprint density at radius 2 is 1.90 bits per heavy atom. The van der Waals surface area contributed by atoms with Crippen LogP contribution in [-0.2, 0) is 0 Å². The minimum absolute atomic E-state index is 0.0392. The van der Waals surface area contributed by atoms with Crippen LogP contribution in [0, 0.1) is 11.2 Å². The second-order valence-corrected chi connectivity index (χ2v) is 6.60. The molecular formula is C16H25FN2O2. The Labute approximate surface area is 125 Å². The summed E-state index contributed by atoms with van der Waals surface area (Å²) in [6.45, 7) is 9.88. The van der Waals surface area contributed by atoms with Crippen LogP contribution in [0.15, 0.2) is 12.1 Å². The van der Waals surface area contributed by atoms with Crippen molar-refractivity contribution in [1.29, 1.82) is 0 Å². The van der Waals surface area contributed by atoms with E-state index in [-0.39, 0.29) is 28.8 Å². The molecule has 0 aliphatic carbocycles. The van der Waals surface area contributed by atoms with Gasteiger partial charge >= 0.3 is 0 Å². The van der Waals surface area contributed by atoms with Crippen LogP contribution < -0.4 is 10.1 Å². The van der Waals surface area contributed by atoms with Gasteiger partial charge < -0.3 is 15.2 Å². The van der Waals surface area contributed by atoms with Crippen molar-refractivity contribution in [2.75, 3.05) is 33.3 Å². The number of hydrogen-bond acceptors (Lipinski definition) is 4. The Hall–Kier alpha value is -1.33. The highest BCUT2D eigenvalue weighted by atomic mass is 19.1. The van der Waals surface area contributed by atoms with Gasteiger partial charge in [0.1, 0.15) is 5.82 Å². The zero-order chi connectivity index (χ0) is 15.6. The molecule has 2 N–H and O–H groups in total. The molecule has 1 aliphatic rings. The molecule has 0 amide bonds. The molecule has 1 saturated heterocycles. The standard InChI is InChI=1S/C16H25FN2O2/c1-16(2,3)15(19-7-5-18-6-8-19)12-9-11(17)10-13(21-4)14(12)20/h9-10,15,18,20H,5-8H2,1-4H3/t15-/m0/s1. The summed E-state index contributed by atoms with van der Waals surface area (Å²) in [5.74, 6) is -0.157. The van der Waals surface area contributed by atoms with Gasteiger partial charge in [0.15, 0.2) is 11.5 Å². The van der Waals surface area contributed by atoms with Gasteiger partial charge in [-0.2, -0.15) is 0 Å². The summed E-state index contributed by atoms with van der Waals surface area (Å²) in [6.07, 6.45) is 0.